The van der Waals surface area contributed by atoms with Crippen molar-refractivity contribution in [2.75, 3.05) is 7.05 Å². The van der Waals surface area contributed by atoms with Crippen molar-refractivity contribution in [2.45, 2.75) is 25.7 Å². The molecule has 0 aromatic heterocycles. The molecule has 1 aliphatic carbocycles. The Labute approximate surface area is 149 Å². The standard InChI is InChI=1S/C18H18ClFN2O3/c1-22(24)21-18(23)14-9-15(19)17(10-16(14)20)25-13-7-6-11-4-2-3-5-12(11)8-13/h6-10,24H,2-5H2,1H3,(H,21,23). The number of fused-ring (bicyclic) bond motifs is 1. The van der Waals surface area contributed by atoms with Gasteiger partial charge in [0.2, 0.25) is 0 Å². The molecular formula is C18H18ClFN2O3. The highest BCUT2D eigenvalue weighted by Gasteiger charge is 2.18. The van der Waals surface area contributed by atoms with Crippen LogP contribution in [0.4, 0.5) is 4.39 Å². The molecule has 3 rings (SSSR count). The minimum absolute atomic E-state index is 0.102. The molecule has 2 aromatic carbocycles. The maximum Gasteiger partial charge on any atom is 0.270 e. The summed E-state index contributed by atoms with van der Waals surface area (Å²) < 4.78 is 19.9. The molecule has 0 unspecified atom stereocenters. The molecule has 25 heavy (non-hydrogen) atoms. The number of hydrogen-bond donors (Lipinski definition) is 2. The number of hydrogen-bond acceptors (Lipinski definition) is 4. The van der Waals surface area contributed by atoms with E-state index in [9.17, 15) is 9.18 Å². The van der Waals surface area contributed by atoms with Crippen LogP contribution in [0.5, 0.6) is 11.5 Å². The SMILES string of the molecule is CN(O)NC(=O)c1cc(Cl)c(Oc2ccc3c(c2)CCCC3)cc1F. The summed E-state index contributed by atoms with van der Waals surface area (Å²) in [6.07, 6.45) is 4.41. The van der Waals surface area contributed by atoms with Gasteiger partial charge in [-0.05, 0) is 55.0 Å². The smallest absolute Gasteiger partial charge is 0.270 e. The van der Waals surface area contributed by atoms with Crippen LogP contribution in [0.25, 0.3) is 0 Å². The first-order valence-corrected chi connectivity index (χ1v) is 8.34. The highest BCUT2D eigenvalue weighted by molar-refractivity contribution is 6.32. The molecule has 132 valence electrons. The van der Waals surface area contributed by atoms with Crippen LogP contribution < -0.4 is 10.2 Å². The number of amides is 1. The van der Waals surface area contributed by atoms with E-state index in [-0.39, 0.29) is 16.3 Å². The van der Waals surface area contributed by atoms with Gasteiger partial charge in [0, 0.05) is 13.1 Å². The number of halogens is 2. The number of carbonyl (C=O) groups is 1. The van der Waals surface area contributed by atoms with Gasteiger partial charge in [0.25, 0.3) is 5.91 Å². The van der Waals surface area contributed by atoms with Gasteiger partial charge < -0.3 is 4.74 Å². The molecule has 1 aliphatic rings. The van der Waals surface area contributed by atoms with Crippen LogP contribution >= 0.6 is 11.6 Å². The van der Waals surface area contributed by atoms with Crippen molar-refractivity contribution in [3.63, 3.8) is 0 Å². The van der Waals surface area contributed by atoms with Gasteiger partial charge >= 0.3 is 0 Å². The van der Waals surface area contributed by atoms with E-state index in [1.807, 2.05) is 23.6 Å². The maximum atomic E-state index is 14.2. The average Bonchev–Trinajstić information content (AvgIpc) is 2.57. The average molecular weight is 365 g/mol. The number of rotatable bonds is 4. The molecule has 0 atom stereocenters. The normalized spacial score (nSPS) is 13.5. The lowest BCUT2D eigenvalue weighted by Gasteiger charge is -2.17. The number of benzene rings is 2. The predicted octanol–water partition coefficient (Wildman–Crippen LogP) is 4.12. The molecule has 0 fully saturated rings. The van der Waals surface area contributed by atoms with Crippen LogP contribution in [0.2, 0.25) is 5.02 Å². The molecule has 0 spiro atoms. The maximum absolute atomic E-state index is 14.2. The zero-order chi connectivity index (χ0) is 18.0. The van der Waals surface area contributed by atoms with E-state index >= 15 is 0 Å². The monoisotopic (exact) mass is 364 g/mol. The first kappa shape index (κ1) is 17.7. The van der Waals surface area contributed by atoms with Crippen molar-refractivity contribution < 1.29 is 19.1 Å². The summed E-state index contributed by atoms with van der Waals surface area (Å²) in [5.74, 6) is -0.903. The molecule has 0 aliphatic heterocycles. The summed E-state index contributed by atoms with van der Waals surface area (Å²) in [6, 6.07) is 8.04. The molecule has 0 saturated carbocycles. The van der Waals surface area contributed by atoms with Gasteiger partial charge in [-0.3, -0.25) is 15.4 Å². The van der Waals surface area contributed by atoms with Gasteiger partial charge in [0.15, 0.2) is 0 Å². The fourth-order valence-electron chi connectivity index (χ4n) is 2.89. The molecule has 0 bridgehead atoms. The Hall–Kier alpha value is -2.15. The Balaban J connectivity index is 1.83. The van der Waals surface area contributed by atoms with Crippen molar-refractivity contribution >= 4 is 17.5 Å². The lowest BCUT2D eigenvalue weighted by atomic mass is 9.92. The second-order valence-corrected chi connectivity index (χ2v) is 6.37. The topological polar surface area (TPSA) is 61.8 Å². The Bertz CT molecular complexity index is 811. The molecular weight excluding hydrogens is 347 g/mol. The van der Waals surface area contributed by atoms with E-state index in [0.717, 1.165) is 25.3 Å². The van der Waals surface area contributed by atoms with Crippen molar-refractivity contribution in [1.82, 2.24) is 10.6 Å². The van der Waals surface area contributed by atoms with Crippen LogP contribution in [0.3, 0.4) is 0 Å². The number of aryl methyl sites for hydroxylation is 2. The van der Waals surface area contributed by atoms with Crippen molar-refractivity contribution in [3.05, 3.63) is 57.9 Å². The van der Waals surface area contributed by atoms with Gasteiger partial charge in [0.1, 0.15) is 17.3 Å². The van der Waals surface area contributed by atoms with E-state index in [1.165, 1.54) is 30.7 Å². The fraction of sp³-hybridized carbons (Fsp3) is 0.278. The van der Waals surface area contributed by atoms with Gasteiger partial charge in [0.05, 0.1) is 10.6 Å². The Morgan fingerprint density at radius 3 is 2.68 bits per heavy atom. The Morgan fingerprint density at radius 1 is 1.24 bits per heavy atom. The summed E-state index contributed by atoms with van der Waals surface area (Å²) in [5, 5.41) is 9.55. The predicted molar refractivity (Wildman–Crippen MR) is 91.6 cm³/mol. The second-order valence-electron chi connectivity index (χ2n) is 5.97. The largest absolute Gasteiger partial charge is 0.456 e. The van der Waals surface area contributed by atoms with Crippen LogP contribution in [0.15, 0.2) is 30.3 Å². The molecule has 0 saturated heterocycles. The Morgan fingerprint density at radius 2 is 1.96 bits per heavy atom. The van der Waals surface area contributed by atoms with Gasteiger partial charge in [-0.1, -0.05) is 17.7 Å². The molecule has 5 nitrogen and oxygen atoms in total. The molecule has 7 heteroatoms. The van der Waals surface area contributed by atoms with Crippen molar-refractivity contribution in [3.8, 4) is 11.5 Å². The van der Waals surface area contributed by atoms with Crippen molar-refractivity contribution in [2.24, 2.45) is 0 Å². The minimum atomic E-state index is -0.815. The summed E-state index contributed by atoms with van der Waals surface area (Å²) >= 11 is 6.13. The molecule has 1 amide bonds. The summed E-state index contributed by atoms with van der Waals surface area (Å²) in [7, 11) is 1.20. The first-order chi connectivity index (χ1) is 11.9. The van der Waals surface area contributed by atoms with E-state index in [0.29, 0.717) is 10.9 Å². The summed E-state index contributed by atoms with van der Waals surface area (Å²) in [4.78, 5) is 11.8. The lowest BCUT2D eigenvalue weighted by Crippen LogP contribution is -2.37. The number of hydroxylamine groups is 1. The molecule has 2 N–H and O–H groups in total. The first-order valence-electron chi connectivity index (χ1n) is 7.96. The zero-order valence-corrected chi connectivity index (χ0v) is 14.4. The van der Waals surface area contributed by atoms with E-state index < -0.39 is 11.7 Å². The summed E-state index contributed by atoms with van der Waals surface area (Å²) in [6.45, 7) is 0. The number of carbonyl (C=O) groups excluding carboxylic acids is 1. The summed E-state index contributed by atoms with van der Waals surface area (Å²) in [5.41, 5.74) is 4.31. The quantitative estimate of drug-likeness (QED) is 0.801. The van der Waals surface area contributed by atoms with Gasteiger partial charge in [-0.2, -0.15) is 0 Å². The van der Waals surface area contributed by atoms with Crippen LogP contribution in [0, 0.1) is 5.82 Å². The van der Waals surface area contributed by atoms with Gasteiger partial charge in [-0.25, -0.2) is 4.39 Å². The Kier molecular flexibility index (Phi) is 5.22. The third-order valence-corrected chi connectivity index (χ3v) is 4.37. The molecule has 0 heterocycles. The fourth-order valence-corrected chi connectivity index (χ4v) is 3.09. The van der Waals surface area contributed by atoms with E-state index in [4.69, 9.17) is 21.5 Å². The lowest BCUT2D eigenvalue weighted by molar-refractivity contribution is -0.100. The number of ether oxygens (including phenoxy) is 1. The second kappa shape index (κ2) is 7.39. The number of nitrogens with one attached hydrogen (secondary N) is 1. The number of nitrogens with zero attached hydrogens (tertiary/aromatic N) is 1. The van der Waals surface area contributed by atoms with Crippen molar-refractivity contribution in [1.29, 1.82) is 0 Å². The van der Waals surface area contributed by atoms with Crippen LogP contribution in [-0.2, 0) is 12.8 Å². The van der Waals surface area contributed by atoms with E-state index in [1.54, 1.807) is 0 Å². The third kappa shape index (κ3) is 4.10. The highest BCUT2D eigenvalue weighted by atomic mass is 35.5. The third-order valence-electron chi connectivity index (χ3n) is 4.08. The molecule has 2 aromatic rings. The number of hydrazine groups is 1. The van der Waals surface area contributed by atoms with Crippen LogP contribution in [0.1, 0.15) is 34.3 Å². The zero-order valence-electron chi connectivity index (χ0n) is 13.7. The van der Waals surface area contributed by atoms with Gasteiger partial charge in [-0.15, -0.1) is 5.17 Å². The minimum Gasteiger partial charge on any atom is -0.456 e. The van der Waals surface area contributed by atoms with Crippen LogP contribution in [-0.4, -0.2) is 23.3 Å². The molecule has 0 radical (unpaired) electrons. The van der Waals surface area contributed by atoms with E-state index in [2.05, 4.69) is 0 Å². The highest BCUT2D eigenvalue weighted by Crippen LogP contribution is 2.33.